The number of hydrazine groups is 1. The Morgan fingerprint density at radius 3 is 2.74 bits per heavy atom. The average Bonchev–Trinajstić information content (AvgIpc) is 3.11. The molecule has 6 heteroatoms. The predicted octanol–water partition coefficient (Wildman–Crippen LogP) is 2.75. The van der Waals surface area contributed by atoms with Gasteiger partial charge in [0.25, 0.3) is 0 Å². The largest absolute Gasteiger partial charge is 0.491 e. The molecule has 0 bridgehead atoms. The van der Waals surface area contributed by atoms with Crippen molar-refractivity contribution in [3.8, 4) is 5.75 Å². The normalized spacial score (nSPS) is 25.3. The number of ether oxygens (including phenoxy) is 1. The number of halogens is 1. The second kappa shape index (κ2) is 8.59. The molecule has 0 saturated carbocycles. The van der Waals surface area contributed by atoms with Gasteiger partial charge in [0, 0.05) is 42.2 Å². The summed E-state index contributed by atoms with van der Waals surface area (Å²) >= 11 is 6.05. The second-order valence-electron chi connectivity index (χ2n) is 7.29. The lowest BCUT2D eigenvalue weighted by Crippen LogP contribution is -2.45. The molecule has 144 valence electrons. The maximum Gasteiger partial charge on any atom is 0.123 e. The van der Waals surface area contributed by atoms with Gasteiger partial charge in [-0.15, -0.1) is 0 Å². The third-order valence-corrected chi connectivity index (χ3v) is 5.79. The summed E-state index contributed by atoms with van der Waals surface area (Å²) < 4.78 is 5.70. The van der Waals surface area contributed by atoms with Gasteiger partial charge in [-0.05, 0) is 30.2 Å². The number of likely N-dealkylation sites (tertiary alicyclic amines) is 1. The van der Waals surface area contributed by atoms with Gasteiger partial charge < -0.3 is 9.84 Å². The number of nitrogens with one attached hydrogen (secondary N) is 2. The first kappa shape index (κ1) is 18.7. The van der Waals surface area contributed by atoms with Gasteiger partial charge >= 0.3 is 0 Å². The summed E-state index contributed by atoms with van der Waals surface area (Å²) in [4.78, 5) is 2.50. The van der Waals surface area contributed by atoms with E-state index in [0.717, 1.165) is 36.8 Å². The number of piperidine rings is 1. The number of benzene rings is 2. The lowest BCUT2D eigenvalue weighted by Gasteiger charge is -2.36. The Morgan fingerprint density at radius 1 is 1.11 bits per heavy atom. The quantitative estimate of drug-likeness (QED) is 0.711. The van der Waals surface area contributed by atoms with Crippen LogP contribution < -0.4 is 15.6 Å². The lowest BCUT2D eigenvalue weighted by molar-refractivity contribution is 0.145. The molecule has 2 aliphatic rings. The van der Waals surface area contributed by atoms with Gasteiger partial charge in [-0.3, -0.25) is 10.3 Å². The van der Waals surface area contributed by atoms with Crippen molar-refractivity contribution in [3.05, 3.63) is 64.7 Å². The van der Waals surface area contributed by atoms with Crippen molar-refractivity contribution in [2.24, 2.45) is 5.92 Å². The summed E-state index contributed by atoms with van der Waals surface area (Å²) in [6.45, 7) is 3.29. The Bertz CT molecular complexity index is 755. The molecule has 4 rings (SSSR count). The molecule has 0 amide bonds. The summed E-state index contributed by atoms with van der Waals surface area (Å²) in [7, 11) is 0. The van der Waals surface area contributed by atoms with Crippen LogP contribution in [0.2, 0.25) is 5.02 Å². The number of nitrogens with zero attached hydrogens (tertiary/aromatic N) is 1. The van der Waals surface area contributed by atoms with E-state index in [2.05, 4.69) is 34.0 Å². The third-order valence-electron chi connectivity index (χ3n) is 5.54. The SMILES string of the molecule is OCCOc1ccccc1CN1CCC2NNC(c3ccc(Cl)cc3)C2C1. The lowest BCUT2D eigenvalue weighted by atomic mass is 9.85. The highest BCUT2D eigenvalue weighted by atomic mass is 35.5. The van der Waals surface area contributed by atoms with Crippen LogP contribution in [0.1, 0.15) is 23.6 Å². The predicted molar refractivity (Wildman–Crippen MR) is 107 cm³/mol. The van der Waals surface area contributed by atoms with E-state index in [1.165, 1.54) is 11.1 Å². The molecular weight excluding hydrogens is 362 g/mol. The minimum atomic E-state index is 0.0297. The molecule has 0 radical (unpaired) electrons. The molecule has 2 aliphatic heterocycles. The van der Waals surface area contributed by atoms with E-state index in [-0.39, 0.29) is 12.6 Å². The van der Waals surface area contributed by atoms with Crippen molar-refractivity contribution in [3.63, 3.8) is 0 Å². The van der Waals surface area contributed by atoms with Gasteiger partial charge in [0.1, 0.15) is 12.4 Å². The molecule has 27 heavy (non-hydrogen) atoms. The minimum absolute atomic E-state index is 0.0297. The van der Waals surface area contributed by atoms with Gasteiger partial charge in [0.15, 0.2) is 0 Å². The smallest absolute Gasteiger partial charge is 0.123 e. The molecule has 3 atom stereocenters. The fourth-order valence-electron chi connectivity index (χ4n) is 4.19. The Hall–Kier alpha value is -1.63. The Labute approximate surface area is 165 Å². The van der Waals surface area contributed by atoms with Crippen molar-refractivity contribution in [2.75, 3.05) is 26.3 Å². The second-order valence-corrected chi connectivity index (χ2v) is 7.73. The van der Waals surface area contributed by atoms with E-state index in [0.29, 0.717) is 18.6 Å². The van der Waals surface area contributed by atoms with Crippen molar-refractivity contribution in [1.29, 1.82) is 0 Å². The maximum atomic E-state index is 9.04. The maximum absolute atomic E-state index is 9.04. The number of fused-ring (bicyclic) bond motifs is 1. The molecule has 5 nitrogen and oxygen atoms in total. The number of para-hydroxylation sites is 1. The van der Waals surface area contributed by atoms with Crippen LogP contribution in [0.3, 0.4) is 0 Å². The molecule has 3 N–H and O–H groups in total. The average molecular weight is 388 g/mol. The van der Waals surface area contributed by atoms with Crippen LogP contribution in [0, 0.1) is 5.92 Å². The number of hydrogen-bond donors (Lipinski definition) is 3. The van der Waals surface area contributed by atoms with Crippen LogP contribution in [0.15, 0.2) is 48.5 Å². The molecule has 0 aliphatic carbocycles. The topological polar surface area (TPSA) is 56.8 Å². The molecule has 3 unspecified atom stereocenters. The molecular formula is C21H26ClN3O2. The first-order chi connectivity index (χ1) is 13.2. The highest BCUT2D eigenvalue weighted by molar-refractivity contribution is 6.30. The highest BCUT2D eigenvalue weighted by Gasteiger charge is 2.40. The van der Waals surface area contributed by atoms with Gasteiger partial charge in [0.2, 0.25) is 0 Å². The van der Waals surface area contributed by atoms with Crippen LogP contribution >= 0.6 is 11.6 Å². The fourth-order valence-corrected chi connectivity index (χ4v) is 4.32. The molecule has 0 aromatic heterocycles. The minimum Gasteiger partial charge on any atom is -0.491 e. The van der Waals surface area contributed by atoms with E-state index < -0.39 is 0 Å². The standard InChI is InChI=1S/C21H26ClN3O2/c22-17-7-5-15(6-8-17)21-18-14-25(10-9-19(18)23-24-21)13-16-3-1-2-4-20(16)27-12-11-26/h1-8,18-19,21,23-24,26H,9-14H2. The highest BCUT2D eigenvalue weighted by Crippen LogP contribution is 2.35. The van der Waals surface area contributed by atoms with E-state index >= 15 is 0 Å². The summed E-state index contributed by atoms with van der Waals surface area (Å²) in [6, 6.07) is 17.0. The Morgan fingerprint density at radius 2 is 1.93 bits per heavy atom. The van der Waals surface area contributed by atoms with Crippen LogP contribution in [0.4, 0.5) is 0 Å². The summed E-state index contributed by atoms with van der Waals surface area (Å²) in [5.41, 5.74) is 9.41. The van der Waals surface area contributed by atoms with E-state index in [4.69, 9.17) is 21.4 Å². The zero-order chi connectivity index (χ0) is 18.6. The Kier molecular flexibility index (Phi) is 5.95. The zero-order valence-corrected chi connectivity index (χ0v) is 16.0. The number of rotatable bonds is 6. The number of hydrogen-bond acceptors (Lipinski definition) is 5. The van der Waals surface area contributed by atoms with Crippen molar-refractivity contribution in [2.45, 2.75) is 25.0 Å². The summed E-state index contributed by atoms with van der Waals surface area (Å²) in [5.74, 6) is 1.37. The van der Waals surface area contributed by atoms with Gasteiger partial charge in [-0.2, -0.15) is 0 Å². The molecule has 0 spiro atoms. The molecule has 2 heterocycles. The number of aliphatic hydroxyl groups excluding tert-OH is 1. The summed E-state index contributed by atoms with van der Waals surface area (Å²) in [6.07, 6.45) is 1.11. The monoisotopic (exact) mass is 387 g/mol. The van der Waals surface area contributed by atoms with E-state index in [9.17, 15) is 0 Å². The molecule has 2 aromatic carbocycles. The van der Waals surface area contributed by atoms with Crippen molar-refractivity contribution < 1.29 is 9.84 Å². The Balaban J connectivity index is 1.45. The van der Waals surface area contributed by atoms with Crippen LogP contribution in [-0.4, -0.2) is 42.4 Å². The van der Waals surface area contributed by atoms with E-state index in [1.807, 2.05) is 30.3 Å². The van der Waals surface area contributed by atoms with Gasteiger partial charge in [0.05, 0.1) is 12.6 Å². The fraction of sp³-hybridized carbons (Fsp3) is 0.429. The molecule has 2 saturated heterocycles. The van der Waals surface area contributed by atoms with E-state index in [1.54, 1.807) is 0 Å². The van der Waals surface area contributed by atoms with Crippen LogP contribution in [0.5, 0.6) is 5.75 Å². The van der Waals surface area contributed by atoms with Crippen molar-refractivity contribution >= 4 is 11.6 Å². The molecule has 2 fully saturated rings. The van der Waals surface area contributed by atoms with Crippen LogP contribution in [0.25, 0.3) is 0 Å². The summed E-state index contributed by atoms with van der Waals surface area (Å²) in [5, 5.41) is 9.81. The first-order valence-corrected chi connectivity index (χ1v) is 9.93. The number of aliphatic hydroxyl groups is 1. The van der Waals surface area contributed by atoms with Gasteiger partial charge in [-0.25, -0.2) is 5.43 Å². The van der Waals surface area contributed by atoms with Crippen LogP contribution in [-0.2, 0) is 6.54 Å². The molecule has 2 aromatic rings. The first-order valence-electron chi connectivity index (χ1n) is 9.55. The van der Waals surface area contributed by atoms with Crippen molar-refractivity contribution in [1.82, 2.24) is 15.8 Å². The zero-order valence-electron chi connectivity index (χ0n) is 15.3. The van der Waals surface area contributed by atoms with Gasteiger partial charge in [-0.1, -0.05) is 41.9 Å². The third kappa shape index (κ3) is 4.28.